The number of aliphatic hydroxyl groups is 2. The fraction of sp³-hybridized carbons (Fsp3) is 0.564. The molecule has 12 rings (SSSR count). The summed E-state index contributed by atoms with van der Waals surface area (Å²) in [5.74, 6) is 1.92. The van der Waals surface area contributed by atoms with Crippen LogP contribution in [-0.2, 0) is 36.5 Å². The Bertz CT molecular complexity index is 2130. The van der Waals surface area contributed by atoms with Crippen molar-refractivity contribution in [2.45, 2.75) is 97.7 Å². The van der Waals surface area contributed by atoms with Crippen molar-refractivity contribution in [3.05, 3.63) is 69.0 Å². The molecule has 4 bridgehead atoms. The molecule has 2 spiro atoms. The lowest BCUT2D eigenvalue weighted by Gasteiger charge is -2.63. The number of nitrogens with one attached hydrogen (secondary N) is 1. The van der Waals surface area contributed by atoms with E-state index in [1.165, 1.54) is 12.8 Å². The molecule has 5 aliphatic carbocycles. The number of aliphatic imine (C=N–C) groups is 1. The first kappa shape index (κ1) is 29.6. The Morgan fingerprint density at radius 1 is 0.804 bits per heavy atom. The van der Waals surface area contributed by atoms with Gasteiger partial charge in [-0.25, -0.2) is 0 Å². The zero-order valence-electron chi connectivity index (χ0n) is 28.5. The molecule has 51 heavy (non-hydrogen) atoms. The van der Waals surface area contributed by atoms with Crippen LogP contribution in [0.3, 0.4) is 0 Å². The fourth-order valence-corrected chi connectivity index (χ4v) is 13.1. The first-order chi connectivity index (χ1) is 24.6. The molecule has 0 unspecified atom stereocenters. The Hall–Kier alpha value is -3.97. The van der Waals surface area contributed by atoms with Crippen LogP contribution in [0.1, 0.15) is 82.7 Å². The fourth-order valence-electron chi connectivity index (χ4n) is 13.1. The van der Waals surface area contributed by atoms with Crippen molar-refractivity contribution in [2.75, 3.05) is 32.7 Å². The van der Waals surface area contributed by atoms with E-state index in [1.54, 1.807) is 12.1 Å². The number of phenols is 2. The number of ether oxygens (including phenoxy) is 2. The molecule has 4 aliphatic heterocycles. The Labute approximate surface area is 295 Å². The van der Waals surface area contributed by atoms with Crippen molar-refractivity contribution in [3.8, 4) is 23.0 Å². The molecular formula is C39H44N6O6. The van der Waals surface area contributed by atoms with E-state index in [0.29, 0.717) is 62.6 Å². The van der Waals surface area contributed by atoms with Gasteiger partial charge in [0.25, 0.3) is 0 Å². The van der Waals surface area contributed by atoms with Gasteiger partial charge < -0.3 is 46.4 Å². The van der Waals surface area contributed by atoms with Gasteiger partial charge in [0.2, 0.25) is 0 Å². The highest BCUT2D eigenvalue weighted by atomic mass is 16.5. The zero-order valence-corrected chi connectivity index (χ0v) is 28.5. The molecule has 2 saturated heterocycles. The molecule has 2 aromatic carbocycles. The van der Waals surface area contributed by atoms with Gasteiger partial charge in [0.05, 0.1) is 40.0 Å². The molecular weight excluding hydrogens is 648 g/mol. The molecule has 5 heterocycles. The van der Waals surface area contributed by atoms with Crippen LogP contribution in [0, 0.1) is 5.92 Å². The standard InChI is InChI=1S/C39H44N6O6/c40-35(41)42-9-12-44-10-7-36-27-19-3-5-23(46)31(27)50-33(36)29-21(15-38(36,48)25(44)13-19)22-16-39(49)26-14-20-4-6-24(47)32-28(20)37(39,34(51-32)30(22)43-29)8-11-45(26)17-18-1-2-18/h3-6,18,25-26,33-34,43,46-49H,1-2,7-17H2,(H4,40,41,42)/t25-,26-,33+,34+,36+,37+,38-,39-/m1/s1. The third-order valence-corrected chi connectivity index (χ3v) is 15.2. The van der Waals surface area contributed by atoms with Crippen LogP contribution >= 0.6 is 0 Å². The van der Waals surface area contributed by atoms with E-state index in [9.17, 15) is 20.4 Å². The van der Waals surface area contributed by atoms with Crippen LogP contribution in [-0.4, -0.2) is 97.2 Å². The number of hydrogen-bond acceptors (Lipinski definition) is 9. The number of nitrogens with two attached hydrogens (primary N) is 2. The van der Waals surface area contributed by atoms with E-state index in [1.807, 2.05) is 12.1 Å². The average molecular weight is 693 g/mol. The molecule has 266 valence electrons. The van der Waals surface area contributed by atoms with Gasteiger partial charge in [0.15, 0.2) is 41.2 Å². The zero-order chi connectivity index (χ0) is 34.4. The van der Waals surface area contributed by atoms with Crippen molar-refractivity contribution >= 4 is 5.96 Å². The van der Waals surface area contributed by atoms with Gasteiger partial charge in [-0.05, 0) is 91.9 Å². The molecule has 3 fully saturated rings. The predicted molar refractivity (Wildman–Crippen MR) is 185 cm³/mol. The monoisotopic (exact) mass is 692 g/mol. The molecule has 9 N–H and O–H groups in total. The van der Waals surface area contributed by atoms with Gasteiger partial charge in [-0.1, -0.05) is 12.1 Å². The topological polar surface area (TPSA) is 186 Å². The van der Waals surface area contributed by atoms with Crippen molar-refractivity contribution in [3.63, 3.8) is 0 Å². The smallest absolute Gasteiger partial charge is 0.185 e. The Morgan fingerprint density at radius 2 is 1.33 bits per heavy atom. The van der Waals surface area contributed by atoms with E-state index < -0.39 is 34.2 Å². The lowest BCUT2D eigenvalue weighted by Crippen LogP contribution is -2.75. The molecule has 0 amide bonds. The number of aromatic hydroxyl groups is 2. The average Bonchev–Trinajstić information content (AvgIpc) is 3.59. The number of hydrogen-bond donors (Lipinski definition) is 7. The third-order valence-electron chi connectivity index (χ3n) is 15.2. The number of aromatic amines is 1. The highest BCUT2D eigenvalue weighted by Crippen LogP contribution is 2.72. The van der Waals surface area contributed by atoms with E-state index in [4.69, 9.17) is 20.9 Å². The number of fused-ring (bicyclic) bond motifs is 5. The summed E-state index contributed by atoms with van der Waals surface area (Å²) in [7, 11) is 0. The summed E-state index contributed by atoms with van der Waals surface area (Å²) in [5.41, 5.74) is 15.5. The maximum absolute atomic E-state index is 13.5. The first-order valence-electron chi connectivity index (χ1n) is 18.8. The Morgan fingerprint density at radius 3 is 1.86 bits per heavy atom. The number of phenolic OH excluding ortho intramolecular Hbond substituents is 2. The predicted octanol–water partition coefficient (Wildman–Crippen LogP) is 1.69. The van der Waals surface area contributed by atoms with Gasteiger partial charge in [0.1, 0.15) is 0 Å². The second-order valence-corrected chi connectivity index (χ2v) is 17.2. The minimum Gasteiger partial charge on any atom is -0.504 e. The number of nitrogens with zero attached hydrogens (tertiary/aromatic N) is 3. The number of rotatable bonds is 5. The highest BCUT2D eigenvalue weighted by Gasteiger charge is 2.76. The maximum Gasteiger partial charge on any atom is 0.185 e. The van der Waals surface area contributed by atoms with Crippen LogP contribution in [0.25, 0.3) is 0 Å². The van der Waals surface area contributed by atoms with Crippen LogP contribution in [0.4, 0.5) is 0 Å². The highest BCUT2D eigenvalue weighted by molar-refractivity contribution is 5.75. The molecule has 1 saturated carbocycles. The Kier molecular flexibility index (Phi) is 5.31. The molecule has 12 nitrogen and oxygen atoms in total. The van der Waals surface area contributed by atoms with E-state index in [2.05, 4.69) is 19.8 Å². The molecule has 3 aromatic rings. The van der Waals surface area contributed by atoms with Crippen molar-refractivity contribution in [2.24, 2.45) is 22.4 Å². The van der Waals surface area contributed by atoms with Crippen molar-refractivity contribution in [1.82, 2.24) is 14.8 Å². The number of guanidine groups is 1. The molecule has 0 radical (unpaired) electrons. The van der Waals surface area contributed by atoms with Crippen molar-refractivity contribution in [1.29, 1.82) is 0 Å². The van der Waals surface area contributed by atoms with E-state index >= 15 is 0 Å². The summed E-state index contributed by atoms with van der Waals surface area (Å²) in [5, 5.41) is 49.4. The summed E-state index contributed by atoms with van der Waals surface area (Å²) in [6, 6.07) is 7.16. The van der Waals surface area contributed by atoms with Crippen LogP contribution < -0.4 is 20.9 Å². The normalized spacial score (nSPS) is 38.5. The van der Waals surface area contributed by atoms with Crippen LogP contribution in [0.2, 0.25) is 0 Å². The third kappa shape index (κ3) is 3.20. The molecule has 9 aliphatic rings. The van der Waals surface area contributed by atoms with E-state index in [0.717, 1.165) is 70.8 Å². The van der Waals surface area contributed by atoms with Gasteiger partial charge in [0, 0.05) is 49.1 Å². The summed E-state index contributed by atoms with van der Waals surface area (Å²) in [6.07, 6.45) is 4.87. The quantitative estimate of drug-likeness (QED) is 0.153. The summed E-state index contributed by atoms with van der Waals surface area (Å²) in [4.78, 5) is 13.0. The second kappa shape index (κ2) is 9.14. The molecule has 12 heteroatoms. The summed E-state index contributed by atoms with van der Waals surface area (Å²) >= 11 is 0. The number of likely N-dealkylation sites (tertiary alicyclic amines) is 2. The molecule has 1 aromatic heterocycles. The van der Waals surface area contributed by atoms with Gasteiger partial charge in [-0.2, -0.15) is 0 Å². The largest absolute Gasteiger partial charge is 0.504 e. The molecule has 8 atom stereocenters. The number of aromatic nitrogens is 1. The van der Waals surface area contributed by atoms with Gasteiger partial charge in [-0.3, -0.25) is 14.8 Å². The second-order valence-electron chi connectivity index (χ2n) is 17.2. The number of H-pyrrole nitrogens is 1. The van der Waals surface area contributed by atoms with E-state index in [-0.39, 0.29) is 29.5 Å². The maximum atomic E-state index is 13.5. The number of piperidine rings is 2. The Balaban J connectivity index is 1.05. The van der Waals surface area contributed by atoms with Crippen molar-refractivity contribution < 1.29 is 29.9 Å². The lowest BCUT2D eigenvalue weighted by atomic mass is 9.47. The lowest BCUT2D eigenvalue weighted by molar-refractivity contribution is -0.175. The summed E-state index contributed by atoms with van der Waals surface area (Å²) in [6.45, 7) is 3.62. The van der Waals surface area contributed by atoms with Gasteiger partial charge in [-0.15, -0.1) is 0 Å². The first-order valence-corrected chi connectivity index (χ1v) is 18.8. The van der Waals surface area contributed by atoms with Crippen LogP contribution in [0.5, 0.6) is 23.0 Å². The summed E-state index contributed by atoms with van der Waals surface area (Å²) < 4.78 is 13.8. The SMILES string of the molecule is NC(N)=NCCN1CC[C@]23c4c5ccc(O)c4O[C@H]2c2[nH]c4c(c2C[C@@]3(O)[C@H]1C5)C[C@@]1(O)[C@H]2Cc3ccc(O)c5c3[C@@]1(CCN2CC1CC1)[C@H]4O5. The van der Waals surface area contributed by atoms with Crippen LogP contribution in [0.15, 0.2) is 29.3 Å². The number of benzene rings is 2. The minimum atomic E-state index is -1.23. The van der Waals surface area contributed by atoms with Gasteiger partial charge >= 0.3 is 0 Å². The minimum absolute atomic E-state index is 0.0532.